The molecule has 1 amide bonds. The van der Waals surface area contributed by atoms with Gasteiger partial charge in [-0.1, -0.05) is 0 Å². The number of nitrogens with zero attached hydrogens (tertiary/aromatic N) is 1. The Hall–Kier alpha value is -2.76. The molecule has 104 valence electrons. The Balaban J connectivity index is 2.21. The van der Waals surface area contributed by atoms with E-state index in [0.29, 0.717) is 22.7 Å². The van der Waals surface area contributed by atoms with Gasteiger partial charge in [0.15, 0.2) is 0 Å². The lowest BCUT2D eigenvalue weighted by molar-refractivity contribution is 0.102. The van der Waals surface area contributed by atoms with E-state index in [0.717, 1.165) is 0 Å². The Morgan fingerprint density at radius 2 is 2.05 bits per heavy atom. The summed E-state index contributed by atoms with van der Waals surface area (Å²) in [5.41, 5.74) is 6.77. The first kappa shape index (κ1) is 13.7. The number of carbonyl (C=O) groups excluding carboxylic acids is 1. The summed E-state index contributed by atoms with van der Waals surface area (Å²) in [7, 11) is 3.14. The van der Waals surface area contributed by atoms with E-state index in [1.807, 2.05) is 0 Å². The van der Waals surface area contributed by atoms with Crippen molar-refractivity contribution in [2.24, 2.45) is 7.05 Å². The van der Waals surface area contributed by atoms with Gasteiger partial charge in [-0.3, -0.25) is 9.59 Å². The number of aromatic nitrogens is 1. The van der Waals surface area contributed by atoms with E-state index in [1.165, 1.54) is 17.7 Å². The number of ether oxygens (including phenoxy) is 1. The van der Waals surface area contributed by atoms with Crippen molar-refractivity contribution in [3.63, 3.8) is 0 Å². The van der Waals surface area contributed by atoms with E-state index in [-0.39, 0.29) is 11.5 Å². The molecule has 1 heterocycles. The lowest BCUT2D eigenvalue weighted by Gasteiger charge is -2.09. The van der Waals surface area contributed by atoms with E-state index in [1.54, 1.807) is 37.5 Å². The van der Waals surface area contributed by atoms with E-state index < -0.39 is 0 Å². The van der Waals surface area contributed by atoms with E-state index in [9.17, 15) is 9.59 Å². The van der Waals surface area contributed by atoms with Gasteiger partial charge in [0.05, 0.1) is 12.8 Å². The van der Waals surface area contributed by atoms with Crippen LogP contribution < -0.4 is 21.3 Å². The van der Waals surface area contributed by atoms with Gasteiger partial charge in [0.25, 0.3) is 11.5 Å². The second-order valence-electron chi connectivity index (χ2n) is 4.28. The molecule has 0 fully saturated rings. The molecule has 2 aromatic rings. The summed E-state index contributed by atoms with van der Waals surface area (Å²) >= 11 is 0. The first-order chi connectivity index (χ1) is 9.51. The molecule has 0 radical (unpaired) electrons. The molecule has 0 saturated heterocycles. The van der Waals surface area contributed by atoms with Crippen molar-refractivity contribution < 1.29 is 9.53 Å². The highest BCUT2D eigenvalue weighted by molar-refractivity contribution is 6.04. The Morgan fingerprint density at radius 3 is 2.65 bits per heavy atom. The van der Waals surface area contributed by atoms with Crippen molar-refractivity contribution in [2.75, 3.05) is 18.2 Å². The van der Waals surface area contributed by atoms with Gasteiger partial charge in [-0.2, -0.15) is 0 Å². The number of hydrogen-bond acceptors (Lipinski definition) is 4. The molecule has 20 heavy (non-hydrogen) atoms. The van der Waals surface area contributed by atoms with Gasteiger partial charge >= 0.3 is 0 Å². The number of nitrogens with one attached hydrogen (secondary N) is 1. The number of methoxy groups -OCH3 is 1. The summed E-state index contributed by atoms with van der Waals surface area (Å²) in [5.74, 6) is 0.170. The van der Waals surface area contributed by atoms with Gasteiger partial charge in [-0.25, -0.2) is 0 Å². The molecule has 6 nitrogen and oxygen atoms in total. The van der Waals surface area contributed by atoms with Gasteiger partial charge in [0.1, 0.15) is 5.75 Å². The Kier molecular flexibility index (Phi) is 3.74. The third-order valence-corrected chi connectivity index (χ3v) is 2.85. The number of nitrogens with two attached hydrogens (primary N) is 1. The van der Waals surface area contributed by atoms with Gasteiger partial charge in [-0.05, 0) is 24.3 Å². The lowest BCUT2D eigenvalue weighted by Crippen LogP contribution is -2.20. The number of rotatable bonds is 3. The topological polar surface area (TPSA) is 86.3 Å². The summed E-state index contributed by atoms with van der Waals surface area (Å²) in [6.07, 6.45) is 1.54. The standard InChI is InChI=1S/C14H15N3O3/c1-17-6-5-9(7-13(17)18)14(19)16-10-3-4-12(20-2)11(15)8-10/h3-8H,15H2,1-2H3,(H,16,19). The fraction of sp³-hybridized carbons (Fsp3) is 0.143. The van der Waals surface area contributed by atoms with Crippen LogP contribution in [0, 0.1) is 0 Å². The number of carbonyl (C=O) groups is 1. The predicted molar refractivity (Wildman–Crippen MR) is 77.0 cm³/mol. The molecule has 1 aromatic carbocycles. The molecule has 0 saturated carbocycles. The van der Waals surface area contributed by atoms with Crippen LogP contribution in [0.5, 0.6) is 5.75 Å². The smallest absolute Gasteiger partial charge is 0.255 e. The van der Waals surface area contributed by atoms with Crippen LogP contribution in [0.4, 0.5) is 11.4 Å². The van der Waals surface area contributed by atoms with E-state index in [4.69, 9.17) is 10.5 Å². The van der Waals surface area contributed by atoms with Crippen LogP contribution >= 0.6 is 0 Å². The molecule has 1 aromatic heterocycles. The molecule has 2 rings (SSSR count). The molecule has 0 aliphatic rings. The van der Waals surface area contributed by atoms with Crippen LogP contribution in [0.2, 0.25) is 0 Å². The summed E-state index contributed by atoms with van der Waals surface area (Å²) in [6, 6.07) is 7.78. The number of anilines is 2. The number of amides is 1. The van der Waals surface area contributed by atoms with Crippen LogP contribution in [-0.4, -0.2) is 17.6 Å². The molecule has 0 bridgehead atoms. The molecule has 0 aliphatic carbocycles. The predicted octanol–water partition coefficient (Wildman–Crippen LogP) is 1.23. The normalized spacial score (nSPS) is 10.1. The monoisotopic (exact) mass is 273 g/mol. The average molecular weight is 273 g/mol. The van der Waals surface area contributed by atoms with Crippen molar-refractivity contribution in [1.82, 2.24) is 4.57 Å². The maximum atomic E-state index is 12.0. The third kappa shape index (κ3) is 2.80. The minimum Gasteiger partial charge on any atom is -0.495 e. The third-order valence-electron chi connectivity index (χ3n) is 2.85. The molecule has 0 aliphatic heterocycles. The van der Waals surface area contributed by atoms with Crippen LogP contribution in [0.1, 0.15) is 10.4 Å². The van der Waals surface area contributed by atoms with Gasteiger partial charge in [0, 0.05) is 30.6 Å². The van der Waals surface area contributed by atoms with Crippen molar-refractivity contribution in [3.05, 3.63) is 52.4 Å². The first-order valence-corrected chi connectivity index (χ1v) is 5.93. The molecular formula is C14H15N3O3. The molecule has 0 atom stereocenters. The van der Waals surface area contributed by atoms with Crippen LogP contribution in [0.15, 0.2) is 41.3 Å². The van der Waals surface area contributed by atoms with Gasteiger partial charge < -0.3 is 20.4 Å². The minimum atomic E-state index is -0.368. The summed E-state index contributed by atoms with van der Waals surface area (Å²) in [4.78, 5) is 23.5. The fourth-order valence-electron chi connectivity index (χ4n) is 1.71. The highest BCUT2D eigenvalue weighted by atomic mass is 16.5. The van der Waals surface area contributed by atoms with Crippen molar-refractivity contribution in [1.29, 1.82) is 0 Å². The van der Waals surface area contributed by atoms with Gasteiger partial charge in [0.2, 0.25) is 0 Å². The molecule has 6 heteroatoms. The number of pyridine rings is 1. The second kappa shape index (κ2) is 5.48. The number of benzene rings is 1. The summed E-state index contributed by atoms with van der Waals surface area (Å²) < 4.78 is 6.43. The Morgan fingerprint density at radius 1 is 1.30 bits per heavy atom. The zero-order valence-electron chi connectivity index (χ0n) is 11.2. The molecule has 0 spiro atoms. The highest BCUT2D eigenvalue weighted by Gasteiger charge is 2.08. The number of nitrogen functional groups attached to an aromatic ring is 1. The van der Waals surface area contributed by atoms with Crippen LogP contribution in [0.3, 0.4) is 0 Å². The molecular weight excluding hydrogens is 258 g/mol. The zero-order chi connectivity index (χ0) is 14.7. The van der Waals surface area contributed by atoms with Crippen molar-refractivity contribution >= 4 is 17.3 Å². The summed E-state index contributed by atoms with van der Waals surface area (Å²) in [6.45, 7) is 0. The number of hydrogen-bond donors (Lipinski definition) is 2. The minimum absolute atomic E-state index is 0.244. The van der Waals surface area contributed by atoms with E-state index in [2.05, 4.69) is 5.32 Å². The molecule has 3 N–H and O–H groups in total. The lowest BCUT2D eigenvalue weighted by atomic mass is 10.2. The van der Waals surface area contributed by atoms with Crippen molar-refractivity contribution in [3.8, 4) is 5.75 Å². The van der Waals surface area contributed by atoms with Gasteiger partial charge in [-0.15, -0.1) is 0 Å². The Bertz CT molecular complexity index is 707. The molecule has 0 unspecified atom stereocenters. The zero-order valence-corrected chi connectivity index (χ0v) is 11.2. The van der Waals surface area contributed by atoms with Crippen molar-refractivity contribution in [2.45, 2.75) is 0 Å². The largest absolute Gasteiger partial charge is 0.495 e. The maximum absolute atomic E-state index is 12.0. The second-order valence-corrected chi connectivity index (χ2v) is 4.28. The fourth-order valence-corrected chi connectivity index (χ4v) is 1.71. The van der Waals surface area contributed by atoms with Crippen LogP contribution in [-0.2, 0) is 7.05 Å². The number of aryl methyl sites for hydroxylation is 1. The highest BCUT2D eigenvalue weighted by Crippen LogP contribution is 2.24. The average Bonchev–Trinajstić information content (AvgIpc) is 2.42. The van der Waals surface area contributed by atoms with Crippen LogP contribution in [0.25, 0.3) is 0 Å². The summed E-state index contributed by atoms with van der Waals surface area (Å²) in [5, 5.41) is 2.67. The van der Waals surface area contributed by atoms with E-state index >= 15 is 0 Å². The SMILES string of the molecule is COc1ccc(NC(=O)c2ccn(C)c(=O)c2)cc1N. The first-order valence-electron chi connectivity index (χ1n) is 5.93. The quantitative estimate of drug-likeness (QED) is 0.823. The maximum Gasteiger partial charge on any atom is 0.255 e. The Labute approximate surface area is 115 Å².